The Labute approximate surface area is 140 Å². The topological polar surface area (TPSA) is 57.6 Å². The molecule has 0 heterocycles. The molecule has 1 aromatic rings. The van der Waals surface area contributed by atoms with E-state index in [2.05, 4.69) is 0 Å². The van der Waals surface area contributed by atoms with E-state index in [0.29, 0.717) is 10.0 Å². The third-order valence-corrected chi connectivity index (χ3v) is 4.51. The van der Waals surface area contributed by atoms with Crippen molar-refractivity contribution in [2.24, 2.45) is 5.92 Å². The fourth-order valence-electron chi connectivity index (χ4n) is 2.67. The molecule has 22 heavy (non-hydrogen) atoms. The number of halogens is 2. The maximum Gasteiger partial charge on any atom is 0.305 e. The molecular weight excluding hydrogens is 325 g/mol. The van der Waals surface area contributed by atoms with Crippen LogP contribution < -0.4 is 0 Å². The van der Waals surface area contributed by atoms with Crippen LogP contribution in [-0.2, 0) is 9.59 Å². The number of carbonyl (C=O) groups excluding carboxylic acids is 1. The minimum absolute atomic E-state index is 0.00673. The number of carboxylic acid groups (broad SMARTS) is 1. The number of carbonyl (C=O) groups is 2. The van der Waals surface area contributed by atoms with Crippen LogP contribution in [-0.4, -0.2) is 34.5 Å². The van der Waals surface area contributed by atoms with Gasteiger partial charge in [0.25, 0.3) is 0 Å². The highest BCUT2D eigenvalue weighted by atomic mass is 35.5. The minimum Gasteiger partial charge on any atom is -0.481 e. The van der Waals surface area contributed by atoms with Crippen LogP contribution >= 0.6 is 23.2 Å². The summed E-state index contributed by atoms with van der Waals surface area (Å²) in [5.74, 6) is -0.906. The zero-order valence-electron chi connectivity index (χ0n) is 12.6. The van der Waals surface area contributed by atoms with Gasteiger partial charge >= 0.3 is 5.97 Å². The Morgan fingerprint density at radius 2 is 2.05 bits per heavy atom. The zero-order chi connectivity index (χ0) is 16.4. The van der Waals surface area contributed by atoms with Gasteiger partial charge in [0, 0.05) is 28.5 Å². The first-order valence-corrected chi connectivity index (χ1v) is 8.04. The lowest BCUT2D eigenvalue weighted by Crippen LogP contribution is -2.39. The number of nitrogens with zero attached hydrogens (tertiary/aromatic N) is 1. The first-order valence-electron chi connectivity index (χ1n) is 7.28. The second-order valence-electron chi connectivity index (χ2n) is 5.88. The van der Waals surface area contributed by atoms with E-state index < -0.39 is 5.97 Å². The van der Waals surface area contributed by atoms with Crippen LogP contribution in [0.15, 0.2) is 18.2 Å². The molecule has 2 atom stereocenters. The summed E-state index contributed by atoms with van der Waals surface area (Å²) < 4.78 is 0. The Morgan fingerprint density at radius 3 is 2.59 bits per heavy atom. The molecule has 1 amide bonds. The maximum absolute atomic E-state index is 12.6. The average Bonchev–Trinajstić information content (AvgIpc) is 3.18. The van der Waals surface area contributed by atoms with Crippen LogP contribution in [0.5, 0.6) is 0 Å². The van der Waals surface area contributed by atoms with Crippen molar-refractivity contribution in [3.8, 4) is 0 Å². The van der Waals surface area contributed by atoms with Crippen molar-refractivity contribution < 1.29 is 14.7 Å². The predicted molar refractivity (Wildman–Crippen MR) is 86.4 cm³/mol. The average molecular weight is 344 g/mol. The number of hydrogen-bond acceptors (Lipinski definition) is 2. The van der Waals surface area contributed by atoms with E-state index in [9.17, 15) is 9.59 Å². The van der Waals surface area contributed by atoms with E-state index >= 15 is 0 Å². The molecule has 1 saturated carbocycles. The first-order chi connectivity index (χ1) is 10.3. The largest absolute Gasteiger partial charge is 0.481 e. The third-order valence-electron chi connectivity index (χ3n) is 3.94. The van der Waals surface area contributed by atoms with Crippen molar-refractivity contribution >= 4 is 35.1 Å². The zero-order valence-corrected chi connectivity index (χ0v) is 14.1. The van der Waals surface area contributed by atoms with Gasteiger partial charge in [-0.25, -0.2) is 0 Å². The molecule has 6 heteroatoms. The standard InChI is InChI=1S/C16H19Cl2NO3/c1-9(2)19(6-5-15(20)21)16(22)13-8-12(13)11-4-3-10(17)7-14(11)18/h3-4,7,9,12-13H,5-6,8H2,1-2H3,(H,20,21). The van der Waals surface area contributed by atoms with E-state index in [-0.39, 0.29) is 36.8 Å². The van der Waals surface area contributed by atoms with Crippen molar-refractivity contribution in [1.82, 2.24) is 4.90 Å². The van der Waals surface area contributed by atoms with Gasteiger partial charge in [-0.2, -0.15) is 0 Å². The molecule has 0 aromatic heterocycles. The smallest absolute Gasteiger partial charge is 0.305 e. The molecule has 1 aliphatic rings. The quantitative estimate of drug-likeness (QED) is 0.854. The number of aliphatic carboxylic acids is 1. The van der Waals surface area contributed by atoms with Gasteiger partial charge in [0.1, 0.15) is 0 Å². The Morgan fingerprint density at radius 1 is 1.36 bits per heavy atom. The number of benzene rings is 1. The molecule has 2 unspecified atom stereocenters. The molecule has 1 N–H and O–H groups in total. The van der Waals surface area contributed by atoms with Crippen molar-refractivity contribution in [3.05, 3.63) is 33.8 Å². The molecule has 1 aromatic carbocycles. The molecular formula is C16H19Cl2NO3. The maximum atomic E-state index is 12.6. The van der Waals surface area contributed by atoms with Gasteiger partial charge in [-0.1, -0.05) is 29.3 Å². The summed E-state index contributed by atoms with van der Waals surface area (Å²) in [6.45, 7) is 4.03. The molecule has 0 spiro atoms. The Bertz CT molecular complexity index is 589. The minimum atomic E-state index is -0.897. The van der Waals surface area contributed by atoms with E-state index in [0.717, 1.165) is 12.0 Å². The number of carboxylic acids is 1. The Kier molecular flexibility index (Phi) is 5.35. The molecule has 1 aliphatic carbocycles. The SMILES string of the molecule is CC(C)N(CCC(=O)O)C(=O)C1CC1c1ccc(Cl)cc1Cl. The molecule has 0 bridgehead atoms. The molecule has 1 fully saturated rings. The highest BCUT2D eigenvalue weighted by Gasteiger charge is 2.46. The second kappa shape index (κ2) is 6.88. The first kappa shape index (κ1) is 17.1. The second-order valence-corrected chi connectivity index (χ2v) is 6.73. The highest BCUT2D eigenvalue weighted by molar-refractivity contribution is 6.35. The summed E-state index contributed by atoms with van der Waals surface area (Å²) in [7, 11) is 0. The Balaban J connectivity index is 2.05. The van der Waals surface area contributed by atoms with Crippen LogP contribution in [0.25, 0.3) is 0 Å². The number of rotatable bonds is 6. The van der Waals surface area contributed by atoms with E-state index in [1.165, 1.54) is 0 Å². The molecule has 120 valence electrons. The third kappa shape index (κ3) is 3.93. The van der Waals surface area contributed by atoms with Crippen molar-refractivity contribution in [2.75, 3.05) is 6.54 Å². The van der Waals surface area contributed by atoms with E-state index in [4.69, 9.17) is 28.3 Å². The Hall–Kier alpha value is -1.26. The van der Waals surface area contributed by atoms with Crippen molar-refractivity contribution in [1.29, 1.82) is 0 Å². The van der Waals surface area contributed by atoms with Crippen molar-refractivity contribution in [3.63, 3.8) is 0 Å². The summed E-state index contributed by atoms with van der Waals surface area (Å²) in [4.78, 5) is 25.0. The normalized spacial score (nSPS) is 20.0. The lowest BCUT2D eigenvalue weighted by Gasteiger charge is -2.26. The summed E-state index contributed by atoms with van der Waals surface area (Å²) in [6.07, 6.45) is 0.708. The van der Waals surface area contributed by atoms with Gasteiger partial charge in [-0.05, 0) is 43.9 Å². The van der Waals surface area contributed by atoms with Crippen LogP contribution in [0.2, 0.25) is 10.0 Å². The van der Waals surface area contributed by atoms with Crippen LogP contribution in [0, 0.1) is 5.92 Å². The van der Waals surface area contributed by atoms with Gasteiger partial charge in [-0.15, -0.1) is 0 Å². The van der Waals surface area contributed by atoms with Gasteiger partial charge in [0.05, 0.1) is 6.42 Å². The molecule has 0 aliphatic heterocycles. The van der Waals surface area contributed by atoms with Crippen LogP contribution in [0.1, 0.15) is 38.2 Å². The van der Waals surface area contributed by atoms with Crippen molar-refractivity contribution in [2.45, 2.75) is 38.6 Å². The summed E-state index contributed by atoms with van der Waals surface area (Å²) in [5.41, 5.74) is 0.936. The monoisotopic (exact) mass is 343 g/mol. The summed E-state index contributed by atoms with van der Waals surface area (Å²) in [6, 6.07) is 5.30. The van der Waals surface area contributed by atoms with Gasteiger partial charge in [0.15, 0.2) is 0 Å². The summed E-state index contributed by atoms with van der Waals surface area (Å²) in [5, 5.41) is 9.95. The van der Waals surface area contributed by atoms with Gasteiger partial charge in [-0.3, -0.25) is 9.59 Å². The molecule has 0 radical (unpaired) electrons. The lowest BCUT2D eigenvalue weighted by atomic mass is 10.1. The van der Waals surface area contributed by atoms with Crippen LogP contribution in [0.4, 0.5) is 0 Å². The fraction of sp³-hybridized carbons (Fsp3) is 0.500. The lowest BCUT2D eigenvalue weighted by molar-refractivity contribution is -0.139. The van der Waals surface area contributed by atoms with Gasteiger partial charge in [0.2, 0.25) is 5.91 Å². The molecule has 0 saturated heterocycles. The van der Waals surface area contributed by atoms with Gasteiger partial charge < -0.3 is 10.0 Å². The predicted octanol–water partition coefficient (Wildman–Crippen LogP) is 3.81. The molecule has 4 nitrogen and oxygen atoms in total. The van der Waals surface area contributed by atoms with E-state index in [1.807, 2.05) is 19.9 Å². The number of amides is 1. The van der Waals surface area contributed by atoms with E-state index in [1.54, 1.807) is 17.0 Å². The molecule has 2 rings (SSSR count). The van der Waals surface area contributed by atoms with Crippen LogP contribution in [0.3, 0.4) is 0 Å². The summed E-state index contributed by atoms with van der Waals surface area (Å²) >= 11 is 12.1. The highest BCUT2D eigenvalue weighted by Crippen LogP contribution is 2.51. The number of hydrogen-bond donors (Lipinski definition) is 1. The fourth-order valence-corrected chi connectivity index (χ4v) is 3.21.